The van der Waals surface area contributed by atoms with Crippen LogP contribution in [0, 0.1) is 20.8 Å². The van der Waals surface area contributed by atoms with Gasteiger partial charge in [0.15, 0.2) is 0 Å². The van der Waals surface area contributed by atoms with Crippen molar-refractivity contribution in [2.75, 3.05) is 7.11 Å². The smallest absolute Gasteiger partial charge is 0.373 e. The van der Waals surface area contributed by atoms with Crippen molar-refractivity contribution >= 4 is 24.0 Å². The number of carbonyl (C=O) groups excluding carboxylic acids is 3. The molecule has 1 N–H and O–H groups in total. The summed E-state index contributed by atoms with van der Waals surface area (Å²) in [4.78, 5) is 38.1. The normalized spacial score (nSPS) is 14.7. The van der Waals surface area contributed by atoms with Crippen LogP contribution in [0.15, 0.2) is 46.5 Å². The van der Waals surface area contributed by atoms with Gasteiger partial charge in [0.1, 0.15) is 11.5 Å². The van der Waals surface area contributed by atoms with E-state index in [4.69, 9.17) is 4.42 Å². The molecule has 176 valence electrons. The third kappa shape index (κ3) is 4.03. The zero-order chi connectivity index (χ0) is 24.6. The number of esters is 1. The Hall–Kier alpha value is -4.07. The average Bonchev–Trinajstić information content (AvgIpc) is 3.47. The topological polar surface area (TPSA) is 93.8 Å². The van der Waals surface area contributed by atoms with Gasteiger partial charge in [0, 0.05) is 11.4 Å². The maximum atomic E-state index is 13.0. The number of para-hydroxylation sites is 1. The van der Waals surface area contributed by atoms with E-state index >= 15 is 0 Å². The van der Waals surface area contributed by atoms with Crippen LogP contribution in [-0.4, -0.2) is 34.5 Å². The monoisotopic (exact) mass is 461 g/mol. The van der Waals surface area contributed by atoms with Crippen LogP contribution in [0.3, 0.4) is 0 Å². The number of ether oxygens (including phenoxy) is 1. The van der Waals surface area contributed by atoms with Gasteiger partial charge in [-0.05, 0) is 68.2 Å². The predicted octanol–water partition coefficient (Wildman–Crippen LogP) is 4.44. The number of methoxy groups -OCH3 is 1. The fraction of sp³-hybridized carbons (Fsp3) is 0.269. The van der Waals surface area contributed by atoms with E-state index in [2.05, 4.69) is 46.7 Å². The molecule has 1 aliphatic heterocycles. The second-order valence-corrected chi connectivity index (χ2v) is 8.24. The predicted molar refractivity (Wildman–Crippen MR) is 126 cm³/mol. The summed E-state index contributed by atoms with van der Waals surface area (Å²) in [7, 11) is 1.25. The molecule has 1 aliphatic rings. The van der Waals surface area contributed by atoms with Gasteiger partial charge >= 0.3 is 12.0 Å². The minimum Gasteiger partial charge on any atom is -0.463 e. The third-order valence-corrected chi connectivity index (χ3v) is 6.02. The summed E-state index contributed by atoms with van der Waals surface area (Å²) in [6.45, 7) is 8.15. The van der Waals surface area contributed by atoms with Crippen LogP contribution in [0.2, 0.25) is 0 Å². The molecule has 1 aromatic carbocycles. The van der Waals surface area contributed by atoms with Gasteiger partial charge in [0.05, 0.1) is 19.3 Å². The lowest BCUT2D eigenvalue weighted by Gasteiger charge is -2.17. The molecule has 0 unspecified atom stereocenters. The number of hydrogen-bond acceptors (Lipinski definition) is 5. The minimum absolute atomic E-state index is 0.00964. The first-order valence-electron chi connectivity index (χ1n) is 11.0. The van der Waals surface area contributed by atoms with Crippen LogP contribution < -0.4 is 5.32 Å². The number of benzene rings is 1. The third-order valence-electron chi connectivity index (χ3n) is 6.02. The molecule has 1 fully saturated rings. The SMILES string of the molecule is CCc1cccc(C)c1-n1c(C)cc(/C=C2\NC(=O)N(Cc3ccc(C(=O)OC)o3)C2=O)c1C. The number of hydrogen-bond donors (Lipinski definition) is 1. The van der Waals surface area contributed by atoms with Crippen molar-refractivity contribution in [1.82, 2.24) is 14.8 Å². The number of furan rings is 1. The number of imide groups is 1. The summed E-state index contributed by atoms with van der Waals surface area (Å²) in [5, 5.41) is 2.65. The lowest BCUT2D eigenvalue weighted by atomic mass is 10.1. The van der Waals surface area contributed by atoms with E-state index in [9.17, 15) is 14.4 Å². The van der Waals surface area contributed by atoms with E-state index in [1.165, 1.54) is 30.4 Å². The molecule has 8 heteroatoms. The number of carbonyl (C=O) groups is 3. The Balaban J connectivity index is 1.63. The Morgan fingerprint density at radius 1 is 1.15 bits per heavy atom. The highest BCUT2D eigenvalue weighted by Crippen LogP contribution is 2.28. The van der Waals surface area contributed by atoms with Gasteiger partial charge in [-0.15, -0.1) is 0 Å². The number of nitrogens with one attached hydrogen (secondary N) is 1. The van der Waals surface area contributed by atoms with Crippen molar-refractivity contribution in [3.63, 3.8) is 0 Å². The molecule has 3 aromatic rings. The highest BCUT2D eigenvalue weighted by atomic mass is 16.5. The zero-order valence-corrected chi connectivity index (χ0v) is 19.9. The summed E-state index contributed by atoms with van der Waals surface area (Å²) >= 11 is 0. The Bertz CT molecular complexity index is 1330. The maximum Gasteiger partial charge on any atom is 0.373 e. The van der Waals surface area contributed by atoms with Gasteiger partial charge in [-0.25, -0.2) is 9.59 Å². The quantitative estimate of drug-likeness (QED) is 0.333. The van der Waals surface area contributed by atoms with Crippen molar-refractivity contribution in [1.29, 1.82) is 0 Å². The molecule has 3 heterocycles. The standard InChI is InChI=1S/C26H27N3O5/c1-6-18-9-7-8-15(2)23(18)29-16(3)12-19(17(29)4)13-21-24(30)28(26(32)27-21)14-20-10-11-22(34-20)25(31)33-5/h7-13H,6,14H2,1-5H3,(H,27,32)/b21-13-. The Kier molecular flexibility index (Phi) is 6.15. The largest absolute Gasteiger partial charge is 0.463 e. The van der Waals surface area contributed by atoms with Gasteiger partial charge < -0.3 is 19.0 Å². The average molecular weight is 462 g/mol. The second-order valence-electron chi connectivity index (χ2n) is 8.24. The Labute approximate surface area is 197 Å². The summed E-state index contributed by atoms with van der Waals surface area (Å²) in [5.41, 5.74) is 6.59. The van der Waals surface area contributed by atoms with Crippen LogP contribution >= 0.6 is 0 Å². The van der Waals surface area contributed by atoms with Crippen molar-refractivity contribution in [3.05, 3.63) is 81.7 Å². The Morgan fingerprint density at radius 3 is 2.62 bits per heavy atom. The van der Waals surface area contributed by atoms with E-state index in [-0.39, 0.29) is 18.0 Å². The van der Waals surface area contributed by atoms with Gasteiger partial charge in [-0.3, -0.25) is 9.69 Å². The zero-order valence-electron chi connectivity index (χ0n) is 19.9. The van der Waals surface area contributed by atoms with Crippen LogP contribution in [-0.2, 0) is 22.5 Å². The lowest BCUT2D eigenvalue weighted by Crippen LogP contribution is -2.30. The number of nitrogens with zero attached hydrogens (tertiary/aromatic N) is 2. The maximum absolute atomic E-state index is 13.0. The van der Waals surface area contributed by atoms with E-state index in [0.717, 1.165) is 34.0 Å². The Morgan fingerprint density at radius 2 is 1.91 bits per heavy atom. The van der Waals surface area contributed by atoms with E-state index in [0.29, 0.717) is 5.76 Å². The molecular weight excluding hydrogens is 434 g/mol. The summed E-state index contributed by atoms with van der Waals surface area (Å²) in [6.07, 6.45) is 2.60. The van der Waals surface area contributed by atoms with Gasteiger partial charge in [-0.1, -0.05) is 25.1 Å². The summed E-state index contributed by atoms with van der Waals surface area (Å²) in [6, 6.07) is 10.7. The van der Waals surface area contributed by atoms with Crippen molar-refractivity contribution < 1.29 is 23.5 Å². The molecular formula is C26H27N3O5. The van der Waals surface area contributed by atoms with Gasteiger partial charge in [0.25, 0.3) is 5.91 Å². The van der Waals surface area contributed by atoms with Crippen LogP contribution in [0.1, 0.15) is 51.3 Å². The van der Waals surface area contributed by atoms with Crippen molar-refractivity contribution in [2.45, 2.75) is 40.7 Å². The van der Waals surface area contributed by atoms with Crippen molar-refractivity contribution in [3.8, 4) is 5.69 Å². The number of amides is 3. The van der Waals surface area contributed by atoms with Crippen LogP contribution in [0.4, 0.5) is 4.79 Å². The van der Waals surface area contributed by atoms with Gasteiger partial charge in [-0.2, -0.15) is 0 Å². The summed E-state index contributed by atoms with van der Waals surface area (Å²) in [5.74, 6) is -0.777. The van der Waals surface area contributed by atoms with Crippen molar-refractivity contribution in [2.24, 2.45) is 0 Å². The molecule has 0 atom stereocenters. The lowest BCUT2D eigenvalue weighted by molar-refractivity contribution is -0.123. The molecule has 4 rings (SSSR count). The molecule has 1 saturated heterocycles. The van der Waals surface area contributed by atoms with E-state index < -0.39 is 17.9 Å². The van der Waals surface area contributed by atoms with Gasteiger partial charge in [0.2, 0.25) is 5.76 Å². The highest BCUT2D eigenvalue weighted by Gasteiger charge is 2.34. The molecule has 34 heavy (non-hydrogen) atoms. The van der Waals surface area contributed by atoms with Crippen LogP contribution in [0.5, 0.6) is 0 Å². The first-order valence-corrected chi connectivity index (χ1v) is 11.0. The first kappa shape index (κ1) is 23.1. The molecule has 0 spiro atoms. The molecule has 0 saturated carbocycles. The van der Waals surface area contributed by atoms with E-state index in [1.807, 2.05) is 19.9 Å². The molecule has 8 nitrogen and oxygen atoms in total. The minimum atomic E-state index is -0.626. The number of aryl methyl sites for hydroxylation is 3. The molecule has 2 aromatic heterocycles. The molecule has 0 aliphatic carbocycles. The summed E-state index contributed by atoms with van der Waals surface area (Å²) < 4.78 is 12.2. The molecule has 0 bridgehead atoms. The highest BCUT2D eigenvalue weighted by molar-refractivity contribution is 6.14. The fourth-order valence-corrected chi connectivity index (χ4v) is 4.30. The number of rotatable bonds is 6. The first-order chi connectivity index (χ1) is 16.2. The fourth-order valence-electron chi connectivity index (χ4n) is 4.30. The number of aromatic nitrogens is 1. The molecule has 0 radical (unpaired) electrons. The second kappa shape index (κ2) is 9.05. The number of urea groups is 1. The molecule has 3 amide bonds. The van der Waals surface area contributed by atoms with Crippen LogP contribution in [0.25, 0.3) is 11.8 Å². The van der Waals surface area contributed by atoms with E-state index in [1.54, 1.807) is 6.08 Å².